The molecule has 2 N–H and O–H groups in total. The fraction of sp³-hybridized carbons (Fsp3) is 0.500. The molecule has 7 nitrogen and oxygen atoms in total. The second-order valence-electron chi connectivity index (χ2n) is 6.57. The van der Waals surface area contributed by atoms with E-state index in [0.29, 0.717) is 39.0 Å². The van der Waals surface area contributed by atoms with Gasteiger partial charge >= 0.3 is 0 Å². The van der Waals surface area contributed by atoms with E-state index >= 15 is 0 Å². The van der Waals surface area contributed by atoms with E-state index in [-0.39, 0.29) is 36.7 Å². The molecule has 3 rings (SSSR count). The predicted molar refractivity (Wildman–Crippen MR) is 93.8 cm³/mol. The van der Waals surface area contributed by atoms with Crippen molar-refractivity contribution in [2.75, 3.05) is 44.6 Å². The molecule has 2 aliphatic rings. The Hall–Kier alpha value is -2.41. The minimum absolute atomic E-state index is 0.0194. The summed E-state index contributed by atoms with van der Waals surface area (Å²) in [5.41, 5.74) is 0.800. The monoisotopic (exact) mass is 344 g/mol. The standard InChI is InChI=1S/C18H24N4O3/c23-16-12-21(11-8-19-16)13-17(24)22-9-6-14(7-10-22)18(25)20-15-4-2-1-3-5-15/h1-5,14H,6-13H2,(H,19,23)(H,20,25). The number of hydrogen-bond donors (Lipinski definition) is 2. The molecular formula is C18H24N4O3. The van der Waals surface area contributed by atoms with Gasteiger partial charge in [-0.2, -0.15) is 0 Å². The maximum absolute atomic E-state index is 12.4. The fourth-order valence-electron chi connectivity index (χ4n) is 3.27. The largest absolute Gasteiger partial charge is 0.354 e. The molecule has 0 bridgehead atoms. The lowest BCUT2D eigenvalue weighted by atomic mass is 9.95. The Morgan fingerprint density at radius 2 is 1.84 bits per heavy atom. The number of anilines is 1. The molecule has 3 amide bonds. The van der Waals surface area contributed by atoms with Crippen LogP contribution in [-0.2, 0) is 14.4 Å². The van der Waals surface area contributed by atoms with Crippen molar-refractivity contribution in [2.45, 2.75) is 12.8 Å². The molecule has 0 saturated carbocycles. The Kier molecular flexibility index (Phi) is 5.65. The van der Waals surface area contributed by atoms with Crippen molar-refractivity contribution < 1.29 is 14.4 Å². The first kappa shape index (κ1) is 17.4. The Labute approximate surface area is 147 Å². The van der Waals surface area contributed by atoms with Gasteiger partial charge in [0.05, 0.1) is 13.1 Å². The molecule has 0 spiro atoms. The molecule has 134 valence electrons. The van der Waals surface area contributed by atoms with E-state index in [9.17, 15) is 14.4 Å². The molecule has 2 saturated heterocycles. The van der Waals surface area contributed by atoms with Gasteiger partial charge in [-0.25, -0.2) is 0 Å². The van der Waals surface area contributed by atoms with Gasteiger partial charge in [-0.15, -0.1) is 0 Å². The molecule has 2 heterocycles. The summed E-state index contributed by atoms with van der Waals surface area (Å²) < 4.78 is 0. The topological polar surface area (TPSA) is 81.8 Å². The average Bonchev–Trinajstić information content (AvgIpc) is 2.62. The highest BCUT2D eigenvalue weighted by atomic mass is 16.2. The van der Waals surface area contributed by atoms with Crippen LogP contribution in [0.25, 0.3) is 0 Å². The molecule has 2 fully saturated rings. The highest BCUT2D eigenvalue weighted by molar-refractivity contribution is 5.92. The van der Waals surface area contributed by atoms with Crippen LogP contribution in [-0.4, -0.2) is 66.8 Å². The summed E-state index contributed by atoms with van der Waals surface area (Å²) in [7, 11) is 0. The molecule has 7 heteroatoms. The zero-order valence-corrected chi connectivity index (χ0v) is 14.2. The average molecular weight is 344 g/mol. The Morgan fingerprint density at radius 3 is 2.52 bits per heavy atom. The van der Waals surface area contributed by atoms with Crippen LogP contribution in [0, 0.1) is 5.92 Å². The Morgan fingerprint density at radius 1 is 1.12 bits per heavy atom. The van der Waals surface area contributed by atoms with Gasteiger partial charge in [-0.05, 0) is 25.0 Å². The second kappa shape index (κ2) is 8.11. The lowest BCUT2D eigenvalue weighted by Crippen LogP contribution is -2.52. The summed E-state index contributed by atoms with van der Waals surface area (Å²) in [6.45, 7) is 3.02. The number of nitrogens with one attached hydrogen (secondary N) is 2. The summed E-state index contributed by atoms with van der Waals surface area (Å²) in [4.78, 5) is 39.8. The van der Waals surface area contributed by atoms with Crippen molar-refractivity contribution >= 4 is 23.4 Å². The number of hydrogen-bond acceptors (Lipinski definition) is 4. The third kappa shape index (κ3) is 4.79. The Balaban J connectivity index is 1.44. The second-order valence-corrected chi connectivity index (χ2v) is 6.57. The first-order chi connectivity index (χ1) is 12.1. The molecule has 0 aromatic heterocycles. The third-order valence-electron chi connectivity index (χ3n) is 4.74. The van der Waals surface area contributed by atoms with Gasteiger partial charge in [0.2, 0.25) is 17.7 Å². The lowest BCUT2D eigenvalue weighted by Gasteiger charge is -2.33. The van der Waals surface area contributed by atoms with E-state index in [1.807, 2.05) is 35.2 Å². The zero-order chi connectivity index (χ0) is 17.6. The number of carbonyl (C=O) groups is 3. The normalized spacial score (nSPS) is 19.4. The molecule has 2 aliphatic heterocycles. The minimum atomic E-state index is -0.0648. The summed E-state index contributed by atoms with van der Waals surface area (Å²) in [5, 5.41) is 5.68. The van der Waals surface area contributed by atoms with Crippen LogP contribution in [0.2, 0.25) is 0 Å². The summed E-state index contributed by atoms with van der Waals surface area (Å²) in [6.07, 6.45) is 1.34. The first-order valence-corrected chi connectivity index (χ1v) is 8.74. The summed E-state index contributed by atoms with van der Waals surface area (Å²) in [6, 6.07) is 9.41. The first-order valence-electron chi connectivity index (χ1n) is 8.74. The highest BCUT2D eigenvalue weighted by Crippen LogP contribution is 2.19. The van der Waals surface area contributed by atoms with Gasteiger partial charge in [0.15, 0.2) is 0 Å². The summed E-state index contributed by atoms with van der Waals surface area (Å²) in [5.74, 6) is -0.0389. The van der Waals surface area contributed by atoms with Crippen LogP contribution in [0.15, 0.2) is 30.3 Å². The van der Waals surface area contributed by atoms with E-state index in [4.69, 9.17) is 0 Å². The van der Waals surface area contributed by atoms with Crippen LogP contribution in [0.1, 0.15) is 12.8 Å². The lowest BCUT2D eigenvalue weighted by molar-refractivity contribution is -0.136. The van der Waals surface area contributed by atoms with Gasteiger partial charge < -0.3 is 15.5 Å². The highest BCUT2D eigenvalue weighted by Gasteiger charge is 2.28. The van der Waals surface area contributed by atoms with Crippen LogP contribution in [0.5, 0.6) is 0 Å². The Bertz CT molecular complexity index is 626. The number of piperidine rings is 1. The van der Waals surface area contributed by atoms with E-state index in [2.05, 4.69) is 10.6 Å². The van der Waals surface area contributed by atoms with E-state index < -0.39 is 0 Å². The zero-order valence-electron chi connectivity index (χ0n) is 14.2. The van der Waals surface area contributed by atoms with Gasteiger partial charge in [-0.3, -0.25) is 19.3 Å². The molecule has 1 aromatic rings. The van der Waals surface area contributed by atoms with Crippen molar-refractivity contribution in [3.8, 4) is 0 Å². The molecule has 25 heavy (non-hydrogen) atoms. The van der Waals surface area contributed by atoms with Gasteiger partial charge in [0.25, 0.3) is 0 Å². The molecule has 0 aliphatic carbocycles. The third-order valence-corrected chi connectivity index (χ3v) is 4.74. The van der Waals surface area contributed by atoms with Crippen LogP contribution < -0.4 is 10.6 Å². The SMILES string of the molecule is O=C1CN(CC(=O)N2CCC(C(=O)Nc3ccccc3)CC2)CCN1. The van der Waals surface area contributed by atoms with Crippen molar-refractivity contribution in [1.82, 2.24) is 15.1 Å². The molecular weight excluding hydrogens is 320 g/mol. The van der Waals surface area contributed by atoms with E-state index in [0.717, 1.165) is 5.69 Å². The fourth-order valence-corrected chi connectivity index (χ4v) is 3.27. The molecule has 0 atom stereocenters. The smallest absolute Gasteiger partial charge is 0.236 e. The molecule has 1 aromatic carbocycles. The number of amides is 3. The van der Waals surface area contributed by atoms with Crippen molar-refractivity contribution in [3.05, 3.63) is 30.3 Å². The molecule has 0 radical (unpaired) electrons. The van der Waals surface area contributed by atoms with Crippen LogP contribution >= 0.6 is 0 Å². The molecule has 0 unspecified atom stereocenters. The number of carbonyl (C=O) groups excluding carboxylic acids is 3. The number of benzene rings is 1. The number of piperazine rings is 1. The van der Waals surface area contributed by atoms with Crippen molar-refractivity contribution in [3.63, 3.8) is 0 Å². The van der Waals surface area contributed by atoms with Crippen LogP contribution in [0.3, 0.4) is 0 Å². The van der Waals surface area contributed by atoms with Crippen LogP contribution in [0.4, 0.5) is 5.69 Å². The summed E-state index contributed by atoms with van der Waals surface area (Å²) >= 11 is 0. The predicted octanol–water partition coefficient (Wildman–Crippen LogP) is 0.296. The van der Waals surface area contributed by atoms with Crippen molar-refractivity contribution in [1.29, 1.82) is 0 Å². The maximum atomic E-state index is 12.4. The van der Waals surface area contributed by atoms with Crippen molar-refractivity contribution in [2.24, 2.45) is 5.92 Å². The van der Waals surface area contributed by atoms with Gasteiger partial charge in [-0.1, -0.05) is 18.2 Å². The van der Waals surface area contributed by atoms with Gasteiger partial charge in [0, 0.05) is 37.8 Å². The quantitative estimate of drug-likeness (QED) is 0.823. The number of likely N-dealkylation sites (tertiary alicyclic amines) is 1. The van der Waals surface area contributed by atoms with E-state index in [1.54, 1.807) is 4.90 Å². The minimum Gasteiger partial charge on any atom is -0.354 e. The maximum Gasteiger partial charge on any atom is 0.236 e. The number of para-hydroxylation sites is 1. The number of rotatable bonds is 4. The van der Waals surface area contributed by atoms with E-state index in [1.165, 1.54) is 0 Å². The number of nitrogens with zero attached hydrogens (tertiary/aromatic N) is 2. The van der Waals surface area contributed by atoms with Gasteiger partial charge in [0.1, 0.15) is 0 Å².